The van der Waals surface area contributed by atoms with Gasteiger partial charge in [-0.15, -0.1) is 0 Å². The fraction of sp³-hybridized carbons (Fsp3) is 0.238. The molecule has 0 bridgehead atoms. The molecule has 4 nitrogen and oxygen atoms in total. The topological polar surface area (TPSA) is 63.3 Å². The summed E-state index contributed by atoms with van der Waals surface area (Å²) in [6.45, 7) is 2.03. The normalized spacial score (nSPS) is 12.1. The van der Waals surface area contributed by atoms with Crippen molar-refractivity contribution in [3.8, 4) is 22.6 Å². The number of hydrogen-bond acceptors (Lipinski definition) is 4. The van der Waals surface area contributed by atoms with Crippen molar-refractivity contribution in [2.75, 3.05) is 0 Å². The molecule has 0 fully saturated rings. The molecule has 28 heavy (non-hydrogen) atoms. The lowest BCUT2D eigenvalue weighted by molar-refractivity contribution is -0.136. The number of carboxylic acids is 1. The Hall–Kier alpha value is -1.95. The first-order valence-corrected chi connectivity index (χ1v) is 10.5. The summed E-state index contributed by atoms with van der Waals surface area (Å²) in [7, 11) is 0. The van der Waals surface area contributed by atoms with Crippen molar-refractivity contribution in [1.82, 2.24) is 4.98 Å². The molecule has 2 aromatic carbocycles. The first-order valence-electron chi connectivity index (χ1n) is 8.90. The summed E-state index contributed by atoms with van der Waals surface area (Å²) >= 11 is 13.1. The number of carbonyl (C=O) groups is 1. The Morgan fingerprint density at radius 1 is 1.07 bits per heavy atom. The second-order valence-corrected chi connectivity index (χ2v) is 8.29. The van der Waals surface area contributed by atoms with Crippen molar-refractivity contribution in [3.63, 3.8) is 0 Å². The summed E-state index contributed by atoms with van der Waals surface area (Å²) in [5, 5.41) is 10.5. The van der Waals surface area contributed by atoms with Gasteiger partial charge in [0.2, 0.25) is 0 Å². The van der Waals surface area contributed by atoms with E-state index in [0.29, 0.717) is 33.1 Å². The number of aromatic nitrogens is 1. The van der Waals surface area contributed by atoms with E-state index < -0.39 is 11.2 Å². The van der Waals surface area contributed by atoms with Crippen molar-refractivity contribution >= 4 is 40.9 Å². The molecule has 0 aliphatic rings. The molecule has 0 saturated carbocycles. The zero-order valence-corrected chi connectivity index (χ0v) is 17.5. The molecule has 3 aromatic rings. The summed E-state index contributed by atoms with van der Waals surface area (Å²) in [5.74, 6) is -0.293. The number of unbranched alkanes of at least 4 members (excludes halogenated alkanes) is 1. The number of oxazole rings is 1. The lowest BCUT2D eigenvalue weighted by Gasteiger charge is -2.08. The number of thioether (sulfide) groups is 1. The summed E-state index contributed by atoms with van der Waals surface area (Å²) < 4.78 is 6.00. The van der Waals surface area contributed by atoms with Crippen LogP contribution in [0.15, 0.2) is 58.2 Å². The fourth-order valence-electron chi connectivity index (χ4n) is 2.70. The van der Waals surface area contributed by atoms with Crippen LogP contribution in [0.4, 0.5) is 0 Å². The van der Waals surface area contributed by atoms with Crippen LogP contribution in [0.25, 0.3) is 22.6 Å². The highest BCUT2D eigenvalue weighted by Crippen LogP contribution is 2.38. The van der Waals surface area contributed by atoms with E-state index in [4.69, 9.17) is 27.6 Å². The molecule has 7 heteroatoms. The van der Waals surface area contributed by atoms with E-state index in [1.807, 2.05) is 31.2 Å². The smallest absolute Gasteiger partial charge is 0.317 e. The van der Waals surface area contributed by atoms with Gasteiger partial charge in [-0.25, -0.2) is 4.98 Å². The van der Waals surface area contributed by atoms with Gasteiger partial charge in [-0.3, -0.25) is 4.79 Å². The van der Waals surface area contributed by atoms with Gasteiger partial charge in [-0.05, 0) is 42.8 Å². The van der Waals surface area contributed by atoms with E-state index in [1.165, 1.54) is 0 Å². The van der Waals surface area contributed by atoms with E-state index in [2.05, 4.69) is 4.98 Å². The van der Waals surface area contributed by atoms with Gasteiger partial charge >= 0.3 is 5.97 Å². The van der Waals surface area contributed by atoms with Gasteiger partial charge in [0.05, 0.1) is 0 Å². The second-order valence-electron chi connectivity index (χ2n) is 6.26. The van der Waals surface area contributed by atoms with Gasteiger partial charge in [0.15, 0.2) is 5.76 Å². The van der Waals surface area contributed by atoms with Gasteiger partial charge in [0, 0.05) is 21.2 Å². The molecule has 146 valence electrons. The SMILES string of the molecule is CCCCC(Sc1nc(-c2ccc(Cl)cc2)c(-c2ccc(Cl)cc2)o1)C(=O)O. The Morgan fingerprint density at radius 3 is 2.18 bits per heavy atom. The number of nitrogens with zero attached hydrogens (tertiary/aromatic N) is 1. The predicted molar refractivity (Wildman–Crippen MR) is 114 cm³/mol. The summed E-state index contributed by atoms with van der Waals surface area (Å²) in [4.78, 5) is 16.2. The number of rotatable bonds is 8. The van der Waals surface area contributed by atoms with Crippen LogP contribution in [0, 0.1) is 0 Å². The van der Waals surface area contributed by atoms with Crippen LogP contribution < -0.4 is 0 Å². The van der Waals surface area contributed by atoms with Crippen molar-refractivity contribution in [3.05, 3.63) is 58.6 Å². The van der Waals surface area contributed by atoms with Crippen LogP contribution >= 0.6 is 35.0 Å². The van der Waals surface area contributed by atoms with Crippen LogP contribution in [0.5, 0.6) is 0 Å². The van der Waals surface area contributed by atoms with Gasteiger partial charge in [-0.2, -0.15) is 0 Å². The maximum Gasteiger partial charge on any atom is 0.317 e. The molecule has 3 rings (SSSR count). The number of benzene rings is 2. The van der Waals surface area contributed by atoms with Crippen molar-refractivity contribution in [2.24, 2.45) is 0 Å². The van der Waals surface area contributed by atoms with Crippen LogP contribution in [-0.2, 0) is 4.79 Å². The number of carboxylic acid groups (broad SMARTS) is 1. The minimum atomic E-state index is -0.863. The third-order valence-corrected chi connectivity index (χ3v) is 5.77. The molecule has 1 N–H and O–H groups in total. The van der Waals surface area contributed by atoms with Gasteiger partial charge < -0.3 is 9.52 Å². The van der Waals surface area contributed by atoms with E-state index in [1.54, 1.807) is 24.3 Å². The van der Waals surface area contributed by atoms with E-state index in [-0.39, 0.29) is 0 Å². The molecule has 1 heterocycles. The molecular formula is C21H19Cl2NO3S. The van der Waals surface area contributed by atoms with Crippen LogP contribution in [-0.4, -0.2) is 21.3 Å². The van der Waals surface area contributed by atoms with Gasteiger partial charge in [-0.1, -0.05) is 66.9 Å². The third kappa shape index (κ3) is 5.10. The maximum absolute atomic E-state index is 11.6. The van der Waals surface area contributed by atoms with Crippen molar-refractivity contribution < 1.29 is 14.3 Å². The summed E-state index contributed by atoms with van der Waals surface area (Å²) in [6, 6.07) is 14.5. The van der Waals surface area contributed by atoms with E-state index in [0.717, 1.165) is 35.7 Å². The van der Waals surface area contributed by atoms with Gasteiger partial charge in [0.1, 0.15) is 10.9 Å². The second kappa shape index (κ2) is 9.50. The molecule has 0 amide bonds. The Bertz CT molecular complexity index is 876. The highest BCUT2D eigenvalue weighted by molar-refractivity contribution is 8.00. The third-order valence-electron chi connectivity index (χ3n) is 4.17. The molecule has 0 aliphatic carbocycles. The first-order chi connectivity index (χ1) is 13.5. The Balaban J connectivity index is 2.00. The van der Waals surface area contributed by atoms with E-state index >= 15 is 0 Å². The minimum Gasteiger partial charge on any atom is -0.480 e. The minimum absolute atomic E-state index is 0.332. The highest BCUT2D eigenvalue weighted by Gasteiger charge is 2.24. The molecular weight excluding hydrogens is 417 g/mol. The molecule has 0 radical (unpaired) electrons. The molecule has 0 aliphatic heterocycles. The zero-order chi connectivity index (χ0) is 20.1. The largest absolute Gasteiger partial charge is 0.480 e. The molecule has 0 spiro atoms. The lowest BCUT2D eigenvalue weighted by Crippen LogP contribution is -2.16. The van der Waals surface area contributed by atoms with Crippen LogP contribution in [0.2, 0.25) is 10.0 Å². The molecule has 1 unspecified atom stereocenters. The van der Waals surface area contributed by atoms with Crippen LogP contribution in [0.1, 0.15) is 26.2 Å². The zero-order valence-electron chi connectivity index (χ0n) is 15.2. The monoisotopic (exact) mass is 435 g/mol. The predicted octanol–water partition coefficient (Wildman–Crippen LogP) is 7.05. The number of aliphatic carboxylic acids is 1. The first kappa shape index (κ1) is 20.8. The molecule has 1 aromatic heterocycles. The molecule has 0 saturated heterocycles. The Labute approximate surface area is 177 Å². The standard InChI is InChI=1S/C21H19Cl2NO3S/c1-2-3-4-17(20(25)26)28-21-24-18(13-5-9-15(22)10-6-13)19(27-21)14-7-11-16(23)12-8-14/h5-12,17H,2-4H2,1H3,(H,25,26). The quantitative estimate of drug-likeness (QED) is 0.383. The summed E-state index contributed by atoms with van der Waals surface area (Å²) in [5.41, 5.74) is 2.29. The maximum atomic E-state index is 11.6. The highest BCUT2D eigenvalue weighted by atomic mass is 35.5. The van der Waals surface area contributed by atoms with Crippen molar-refractivity contribution in [2.45, 2.75) is 36.7 Å². The number of hydrogen-bond donors (Lipinski definition) is 1. The average molecular weight is 436 g/mol. The average Bonchev–Trinajstić information content (AvgIpc) is 3.10. The lowest BCUT2D eigenvalue weighted by atomic mass is 10.1. The van der Waals surface area contributed by atoms with E-state index in [9.17, 15) is 9.90 Å². The van der Waals surface area contributed by atoms with Crippen molar-refractivity contribution in [1.29, 1.82) is 0 Å². The van der Waals surface area contributed by atoms with Crippen LogP contribution in [0.3, 0.4) is 0 Å². The van der Waals surface area contributed by atoms with Gasteiger partial charge in [0.25, 0.3) is 5.22 Å². The molecule has 1 atom stereocenters. The number of halogens is 2. The summed E-state index contributed by atoms with van der Waals surface area (Å²) in [6.07, 6.45) is 2.33. The Morgan fingerprint density at radius 2 is 1.64 bits per heavy atom. The Kier molecular flexibility index (Phi) is 7.05. The fourth-order valence-corrected chi connectivity index (χ4v) is 3.85.